The van der Waals surface area contributed by atoms with E-state index in [0.29, 0.717) is 21.4 Å². The number of nitrogens with zero attached hydrogens (tertiary/aromatic N) is 2. The van der Waals surface area contributed by atoms with Gasteiger partial charge in [-0.25, -0.2) is 9.97 Å². The second-order valence-corrected chi connectivity index (χ2v) is 6.69. The van der Waals surface area contributed by atoms with Crippen molar-refractivity contribution in [1.29, 1.82) is 0 Å². The molecule has 26 heavy (non-hydrogen) atoms. The Morgan fingerprint density at radius 1 is 1.38 bits per heavy atom. The third kappa shape index (κ3) is 5.84. The molecule has 0 fully saturated rings. The molecule has 0 spiro atoms. The van der Waals surface area contributed by atoms with E-state index in [1.165, 1.54) is 12.3 Å². The molecular formula is C16H14BrClF3N3O2. The summed E-state index contributed by atoms with van der Waals surface area (Å²) in [7, 11) is 0. The van der Waals surface area contributed by atoms with Crippen LogP contribution in [-0.4, -0.2) is 28.7 Å². The van der Waals surface area contributed by atoms with Crippen LogP contribution in [0.4, 0.5) is 13.2 Å². The van der Waals surface area contributed by atoms with Crippen LogP contribution in [0.15, 0.2) is 29.0 Å². The van der Waals surface area contributed by atoms with E-state index in [0.717, 1.165) is 0 Å². The lowest BCUT2D eigenvalue weighted by molar-refractivity contribution is -0.154. The number of hydrogen-bond donors (Lipinski definition) is 1. The SMILES string of the molecule is Cc1cc(C(=O)NC(C)c2cnc(OCC(F)(F)F)c(Cl)c2)cc(Br)n1. The Kier molecular flexibility index (Phi) is 6.46. The molecule has 2 aromatic rings. The monoisotopic (exact) mass is 451 g/mol. The molecule has 0 bridgehead atoms. The zero-order valence-corrected chi connectivity index (χ0v) is 16.0. The second-order valence-electron chi connectivity index (χ2n) is 5.47. The van der Waals surface area contributed by atoms with Gasteiger partial charge in [0.05, 0.1) is 6.04 Å². The number of carbonyl (C=O) groups excluding carboxylic acids is 1. The third-order valence-electron chi connectivity index (χ3n) is 3.23. The van der Waals surface area contributed by atoms with E-state index >= 15 is 0 Å². The molecule has 140 valence electrons. The first kappa shape index (κ1) is 20.4. The van der Waals surface area contributed by atoms with Crippen LogP contribution >= 0.6 is 27.5 Å². The smallest absolute Gasteiger partial charge is 0.422 e. The molecule has 0 aliphatic rings. The van der Waals surface area contributed by atoms with E-state index in [1.54, 1.807) is 26.0 Å². The van der Waals surface area contributed by atoms with Gasteiger partial charge in [0.15, 0.2) is 6.61 Å². The van der Waals surface area contributed by atoms with Gasteiger partial charge in [0.2, 0.25) is 5.88 Å². The standard InChI is InChI=1S/C16H14BrClF3N3O2/c1-8-3-10(5-13(17)23-8)14(25)24-9(2)11-4-12(18)15(22-6-11)26-7-16(19,20)21/h3-6,9H,7H2,1-2H3,(H,24,25). The van der Waals surface area contributed by atoms with Gasteiger partial charge in [-0.3, -0.25) is 4.79 Å². The van der Waals surface area contributed by atoms with Gasteiger partial charge in [0.25, 0.3) is 5.91 Å². The molecule has 1 atom stereocenters. The first-order valence-corrected chi connectivity index (χ1v) is 8.52. The summed E-state index contributed by atoms with van der Waals surface area (Å²) in [5, 5.41) is 2.69. The Labute approximate surface area is 161 Å². The van der Waals surface area contributed by atoms with E-state index in [9.17, 15) is 18.0 Å². The quantitative estimate of drug-likeness (QED) is 0.672. The highest BCUT2D eigenvalue weighted by Gasteiger charge is 2.29. The highest BCUT2D eigenvalue weighted by atomic mass is 79.9. The zero-order chi connectivity index (χ0) is 19.5. The Hall–Kier alpha value is -1.87. The first-order chi connectivity index (χ1) is 12.0. The number of aryl methyl sites for hydroxylation is 1. The van der Waals surface area contributed by atoms with E-state index in [-0.39, 0.29) is 16.8 Å². The Morgan fingerprint density at radius 3 is 2.65 bits per heavy atom. The minimum atomic E-state index is -4.48. The number of alkyl halides is 3. The maximum Gasteiger partial charge on any atom is 0.422 e. The normalized spacial score (nSPS) is 12.6. The molecule has 1 unspecified atom stereocenters. The molecule has 0 aromatic carbocycles. The van der Waals surface area contributed by atoms with Crippen LogP contribution in [0.5, 0.6) is 5.88 Å². The Morgan fingerprint density at radius 2 is 2.08 bits per heavy atom. The van der Waals surface area contributed by atoms with Gasteiger partial charge < -0.3 is 10.1 Å². The van der Waals surface area contributed by atoms with E-state index in [4.69, 9.17) is 11.6 Å². The van der Waals surface area contributed by atoms with Crippen molar-refractivity contribution in [3.05, 3.63) is 50.8 Å². The lowest BCUT2D eigenvalue weighted by Gasteiger charge is -2.16. The minimum Gasteiger partial charge on any atom is -0.467 e. The average molecular weight is 453 g/mol. The van der Waals surface area contributed by atoms with Gasteiger partial charge in [0.1, 0.15) is 9.63 Å². The topological polar surface area (TPSA) is 64.1 Å². The predicted molar refractivity (Wildman–Crippen MR) is 93.4 cm³/mol. The molecule has 5 nitrogen and oxygen atoms in total. The summed E-state index contributed by atoms with van der Waals surface area (Å²) in [6.45, 7) is 1.97. The summed E-state index contributed by atoms with van der Waals surface area (Å²) < 4.78 is 41.7. The van der Waals surface area contributed by atoms with Gasteiger partial charge in [-0.1, -0.05) is 11.6 Å². The number of aromatic nitrogens is 2. The van der Waals surface area contributed by atoms with Crippen molar-refractivity contribution in [3.63, 3.8) is 0 Å². The highest BCUT2D eigenvalue weighted by molar-refractivity contribution is 9.10. The van der Waals surface area contributed by atoms with Crippen molar-refractivity contribution in [1.82, 2.24) is 15.3 Å². The van der Waals surface area contributed by atoms with Crippen molar-refractivity contribution in [2.75, 3.05) is 6.61 Å². The summed E-state index contributed by atoms with van der Waals surface area (Å²) in [6.07, 6.45) is -3.18. The van der Waals surface area contributed by atoms with Crippen LogP contribution in [-0.2, 0) is 0 Å². The minimum absolute atomic E-state index is 0.0738. The van der Waals surface area contributed by atoms with Crippen LogP contribution in [0.25, 0.3) is 0 Å². The highest BCUT2D eigenvalue weighted by Crippen LogP contribution is 2.27. The van der Waals surface area contributed by atoms with Crippen molar-refractivity contribution in [3.8, 4) is 5.88 Å². The van der Waals surface area contributed by atoms with Gasteiger partial charge in [0, 0.05) is 17.5 Å². The zero-order valence-electron chi connectivity index (χ0n) is 13.7. The first-order valence-electron chi connectivity index (χ1n) is 7.35. The summed E-state index contributed by atoms with van der Waals surface area (Å²) in [6, 6.07) is 4.13. The van der Waals surface area contributed by atoms with Gasteiger partial charge in [-0.15, -0.1) is 0 Å². The number of pyridine rings is 2. The second kappa shape index (κ2) is 8.22. The van der Waals surface area contributed by atoms with E-state index < -0.39 is 18.8 Å². The van der Waals surface area contributed by atoms with Crippen LogP contribution in [0.1, 0.15) is 34.6 Å². The van der Waals surface area contributed by atoms with Crippen molar-refractivity contribution < 1.29 is 22.7 Å². The fourth-order valence-electron chi connectivity index (χ4n) is 2.06. The van der Waals surface area contributed by atoms with Crippen molar-refractivity contribution in [2.24, 2.45) is 0 Å². The molecule has 1 amide bonds. The lowest BCUT2D eigenvalue weighted by atomic mass is 10.1. The number of amides is 1. The summed E-state index contributed by atoms with van der Waals surface area (Å²) >= 11 is 9.14. The van der Waals surface area contributed by atoms with Gasteiger partial charge in [-0.05, 0) is 53.5 Å². The van der Waals surface area contributed by atoms with Crippen LogP contribution in [0.3, 0.4) is 0 Å². The molecule has 10 heteroatoms. The number of carbonyl (C=O) groups is 1. The molecule has 0 aliphatic heterocycles. The summed E-state index contributed by atoms with van der Waals surface area (Å²) in [4.78, 5) is 20.2. The van der Waals surface area contributed by atoms with Crippen LogP contribution < -0.4 is 10.1 Å². The number of nitrogens with one attached hydrogen (secondary N) is 1. The van der Waals surface area contributed by atoms with E-state index in [2.05, 4.69) is 36.0 Å². The fourth-order valence-corrected chi connectivity index (χ4v) is 2.81. The predicted octanol–water partition coefficient (Wildman–Crippen LogP) is 4.63. The van der Waals surface area contributed by atoms with Gasteiger partial charge in [-0.2, -0.15) is 13.2 Å². The number of ether oxygens (including phenoxy) is 1. The molecule has 0 saturated heterocycles. The number of halogens is 5. The van der Waals surface area contributed by atoms with Crippen LogP contribution in [0, 0.1) is 6.92 Å². The average Bonchev–Trinajstić information content (AvgIpc) is 2.51. The maximum absolute atomic E-state index is 12.3. The number of rotatable bonds is 5. The molecule has 2 rings (SSSR count). The Balaban J connectivity index is 2.08. The molecular weight excluding hydrogens is 439 g/mol. The summed E-state index contributed by atoms with van der Waals surface area (Å²) in [5.41, 5.74) is 1.61. The third-order valence-corrected chi connectivity index (χ3v) is 3.91. The van der Waals surface area contributed by atoms with Crippen molar-refractivity contribution >= 4 is 33.4 Å². The molecule has 2 aromatic heterocycles. The molecule has 0 aliphatic carbocycles. The number of hydrogen-bond acceptors (Lipinski definition) is 4. The van der Waals surface area contributed by atoms with Gasteiger partial charge >= 0.3 is 6.18 Å². The lowest BCUT2D eigenvalue weighted by Crippen LogP contribution is -2.27. The van der Waals surface area contributed by atoms with Crippen molar-refractivity contribution in [2.45, 2.75) is 26.1 Å². The Bertz CT molecular complexity index is 798. The largest absolute Gasteiger partial charge is 0.467 e. The molecule has 1 N–H and O–H groups in total. The fraction of sp³-hybridized carbons (Fsp3) is 0.312. The van der Waals surface area contributed by atoms with E-state index in [1.807, 2.05) is 0 Å². The molecule has 0 saturated carbocycles. The molecule has 2 heterocycles. The summed E-state index contributed by atoms with van der Waals surface area (Å²) in [5.74, 6) is -0.655. The maximum atomic E-state index is 12.3. The molecule has 0 radical (unpaired) electrons. The van der Waals surface area contributed by atoms with Crippen LogP contribution in [0.2, 0.25) is 5.02 Å².